The minimum absolute atomic E-state index is 0.224. The third-order valence-corrected chi connectivity index (χ3v) is 6.85. The van der Waals surface area contributed by atoms with Gasteiger partial charge in [-0.1, -0.05) is 40.2 Å². The van der Waals surface area contributed by atoms with E-state index in [2.05, 4.69) is 39.9 Å². The van der Waals surface area contributed by atoms with Crippen LogP contribution in [0.25, 0.3) is 6.08 Å². The quantitative estimate of drug-likeness (QED) is 0.561. The molecule has 144 valence electrons. The van der Waals surface area contributed by atoms with Gasteiger partial charge in [-0.15, -0.1) is 0 Å². The molecule has 0 aliphatic carbocycles. The van der Waals surface area contributed by atoms with Gasteiger partial charge in [0, 0.05) is 23.2 Å². The van der Waals surface area contributed by atoms with Gasteiger partial charge < -0.3 is 4.90 Å². The summed E-state index contributed by atoms with van der Waals surface area (Å²) in [5.74, 6) is -0.228. The summed E-state index contributed by atoms with van der Waals surface area (Å²) in [7, 11) is 0. The van der Waals surface area contributed by atoms with Crippen molar-refractivity contribution in [2.75, 3.05) is 18.0 Å². The standard InChI is InChI=1S/C22H21BrN2O2S/c1-15-12-18(24-10-4-5-11-24)9-8-16(15)13-20-21(26)25(22(27)28-20)14-17-6-2-3-7-19(17)23/h2-3,6-9,12-13H,4-5,10-11,14H2,1H3/b20-13+. The number of anilines is 1. The molecule has 0 N–H and O–H groups in total. The summed E-state index contributed by atoms with van der Waals surface area (Å²) in [5.41, 5.74) is 4.24. The van der Waals surface area contributed by atoms with E-state index in [1.165, 1.54) is 23.4 Å². The maximum atomic E-state index is 12.8. The van der Waals surface area contributed by atoms with Crippen LogP contribution >= 0.6 is 27.7 Å². The molecule has 2 heterocycles. The molecule has 0 atom stereocenters. The highest BCUT2D eigenvalue weighted by molar-refractivity contribution is 9.10. The first-order valence-electron chi connectivity index (χ1n) is 9.37. The molecule has 6 heteroatoms. The second-order valence-electron chi connectivity index (χ2n) is 7.09. The van der Waals surface area contributed by atoms with Gasteiger partial charge in [-0.2, -0.15) is 0 Å². The van der Waals surface area contributed by atoms with Crippen LogP contribution < -0.4 is 4.90 Å². The van der Waals surface area contributed by atoms with Crippen molar-refractivity contribution in [2.45, 2.75) is 26.3 Å². The third kappa shape index (κ3) is 3.89. The van der Waals surface area contributed by atoms with Crippen LogP contribution in [0, 0.1) is 6.92 Å². The van der Waals surface area contributed by atoms with Crippen LogP contribution in [0.1, 0.15) is 29.5 Å². The van der Waals surface area contributed by atoms with Crippen LogP contribution in [0.4, 0.5) is 10.5 Å². The zero-order valence-electron chi connectivity index (χ0n) is 15.7. The van der Waals surface area contributed by atoms with Crippen LogP contribution in [0.5, 0.6) is 0 Å². The highest BCUT2D eigenvalue weighted by Gasteiger charge is 2.35. The van der Waals surface area contributed by atoms with Crippen molar-refractivity contribution in [3.63, 3.8) is 0 Å². The van der Waals surface area contributed by atoms with Gasteiger partial charge in [-0.25, -0.2) is 0 Å². The molecule has 2 aromatic carbocycles. The fourth-order valence-corrected chi connectivity index (χ4v) is 4.81. The van der Waals surface area contributed by atoms with E-state index in [-0.39, 0.29) is 17.7 Å². The third-order valence-electron chi connectivity index (χ3n) is 5.17. The Morgan fingerprint density at radius 2 is 1.86 bits per heavy atom. The molecule has 2 aromatic rings. The van der Waals surface area contributed by atoms with E-state index in [1.54, 1.807) is 0 Å². The van der Waals surface area contributed by atoms with Gasteiger partial charge in [0.1, 0.15) is 0 Å². The first-order valence-corrected chi connectivity index (χ1v) is 11.0. The number of thioether (sulfide) groups is 1. The zero-order valence-corrected chi connectivity index (χ0v) is 18.1. The highest BCUT2D eigenvalue weighted by atomic mass is 79.9. The van der Waals surface area contributed by atoms with Crippen LogP contribution in [0.2, 0.25) is 0 Å². The topological polar surface area (TPSA) is 40.6 Å². The average Bonchev–Trinajstić information content (AvgIpc) is 3.30. The van der Waals surface area contributed by atoms with E-state index < -0.39 is 0 Å². The number of nitrogens with zero attached hydrogens (tertiary/aromatic N) is 2. The number of carbonyl (C=O) groups excluding carboxylic acids is 2. The molecule has 2 aliphatic rings. The van der Waals surface area contributed by atoms with Crippen molar-refractivity contribution in [3.05, 3.63) is 68.5 Å². The summed E-state index contributed by atoms with van der Waals surface area (Å²) < 4.78 is 0.895. The number of carbonyl (C=O) groups is 2. The van der Waals surface area contributed by atoms with E-state index in [4.69, 9.17) is 0 Å². The number of benzene rings is 2. The first-order chi connectivity index (χ1) is 13.5. The molecule has 0 unspecified atom stereocenters. The smallest absolute Gasteiger partial charge is 0.293 e. The molecular formula is C22H21BrN2O2S. The molecular weight excluding hydrogens is 436 g/mol. The summed E-state index contributed by atoms with van der Waals surface area (Å²) in [6, 6.07) is 14.0. The van der Waals surface area contributed by atoms with Gasteiger partial charge in [-0.3, -0.25) is 14.5 Å². The fourth-order valence-electron chi connectivity index (χ4n) is 3.57. The Morgan fingerprint density at radius 3 is 2.57 bits per heavy atom. The van der Waals surface area contributed by atoms with E-state index in [9.17, 15) is 9.59 Å². The van der Waals surface area contributed by atoms with Crippen molar-refractivity contribution in [2.24, 2.45) is 0 Å². The lowest BCUT2D eigenvalue weighted by Crippen LogP contribution is -2.27. The Bertz CT molecular complexity index is 967. The Labute approximate surface area is 177 Å². The molecule has 4 nitrogen and oxygen atoms in total. The summed E-state index contributed by atoms with van der Waals surface area (Å²) in [5, 5.41) is -0.224. The Balaban J connectivity index is 1.54. The normalized spacial score (nSPS) is 18.6. The summed E-state index contributed by atoms with van der Waals surface area (Å²) in [4.78, 5) is 29.4. The fraction of sp³-hybridized carbons (Fsp3) is 0.273. The van der Waals surface area contributed by atoms with Crippen LogP contribution in [-0.4, -0.2) is 29.1 Å². The highest BCUT2D eigenvalue weighted by Crippen LogP contribution is 2.35. The number of aryl methyl sites for hydroxylation is 1. The lowest BCUT2D eigenvalue weighted by Gasteiger charge is -2.18. The van der Waals surface area contributed by atoms with Crippen LogP contribution in [-0.2, 0) is 11.3 Å². The SMILES string of the molecule is Cc1cc(N2CCCC2)ccc1/C=C1/SC(=O)N(Cc2ccccc2Br)C1=O. The Kier molecular flexibility index (Phi) is 5.60. The average molecular weight is 457 g/mol. The van der Waals surface area contributed by atoms with Crippen molar-refractivity contribution < 1.29 is 9.59 Å². The van der Waals surface area contributed by atoms with Crippen LogP contribution in [0.15, 0.2) is 51.8 Å². The van der Waals surface area contributed by atoms with Crippen molar-refractivity contribution in [1.82, 2.24) is 4.90 Å². The molecule has 0 spiro atoms. The molecule has 0 saturated carbocycles. The van der Waals surface area contributed by atoms with Gasteiger partial charge in [0.15, 0.2) is 0 Å². The number of imide groups is 1. The van der Waals surface area contributed by atoms with Gasteiger partial charge in [-0.05, 0) is 72.5 Å². The lowest BCUT2D eigenvalue weighted by molar-refractivity contribution is -0.123. The van der Waals surface area contributed by atoms with Crippen LogP contribution in [0.3, 0.4) is 0 Å². The number of hydrogen-bond acceptors (Lipinski definition) is 4. The summed E-state index contributed by atoms with van der Waals surface area (Å²) in [6.07, 6.45) is 4.32. The summed E-state index contributed by atoms with van der Waals surface area (Å²) in [6.45, 7) is 4.53. The van der Waals surface area contributed by atoms with E-state index in [0.29, 0.717) is 4.91 Å². The predicted molar refractivity (Wildman–Crippen MR) is 118 cm³/mol. The number of halogens is 1. The van der Waals surface area contributed by atoms with E-state index >= 15 is 0 Å². The second-order valence-corrected chi connectivity index (χ2v) is 8.94. The largest absolute Gasteiger partial charge is 0.372 e. The van der Waals surface area contributed by atoms with Gasteiger partial charge in [0.05, 0.1) is 11.4 Å². The molecule has 0 radical (unpaired) electrons. The molecule has 4 rings (SSSR count). The summed E-state index contributed by atoms with van der Waals surface area (Å²) >= 11 is 4.49. The maximum Gasteiger partial charge on any atom is 0.293 e. The van der Waals surface area contributed by atoms with Crippen molar-refractivity contribution >= 4 is 50.6 Å². The van der Waals surface area contributed by atoms with Gasteiger partial charge >= 0.3 is 0 Å². The molecule has 2 fully saturated rings. The van der Waals surface area contributed by atoms with E-state index in [1.807, 2.05) is 36.4 Å². The Hall–Kier alpha value is -2.05. The minimum Gasteiger partial charge on any atom is -0.372 e. The van der Waals surface area contributed by atoms with Crippen molar-refractivity contribution in [1.29, 1.82) is 0 Å². The molecule has 2 amide bonds. The molecule has 2 aliphatic heterocycles. The number of hydrogen-bond donors (Lipinski definition) is 0. The molecule has 28 heavy (non-hydrogen) atoms. The second kappa shape index (κ2) is 8.13. The minimum atomic E-state index is -0.228. The van der Waals surface area contributed by atoms with Gasteiger partial charge in [0.2, 0.25) is 0 Å². The predicted octanol–water partition coefficient (Wildman–Crippen LogP) is 5.59. The monoisotopic (exact) mass is 456 g/mol. The maximum absolute atomic E-state index is 12.8. The van der Waals surface area contributed by atoms with Gasteiger partial charge in [0.25, 0.3) is 11.1 Å². The first kappa shape index (κ1) is 19.3. The number of rotatable bonds is 4. The lowest BCUT2D eigenvalue weighted by atomic mass is 10.1. The molecule has 0 bridgehead atoms. The zero-order chi connectivity index (χ0) is 19.7. The van der Waals surface area contributed by atoms with Crippen molar-refractivity contribution in [3.8, 4) is 0 Å². The molecule has 0 aromatic heterocycles. The van der Waals surface area contributed by atoms with E-state index in [0.717, 1.165) is 46.0 Å². The molecule has 2 saturated heterocycles. The Morgan fingerprint density at radius 1 is 1.11 bits per heavy atom. The number of amides is 2.